The highest BCUT2D eigenvalue weighted by Gasteiger charge is 2.38. The molecule has 4 nitrogen and oxygen atoms in total. The van der Waals surface area contributed by atoms with Gasteiger partial charge in [0.2, 0.25) is 0 Å². The summed E-state index contributed by atoms with van der Waals surface area (Å²) >= 11 is 1.27. The van der Waals surface area contributed by atoms with Gasteiger partial charge in [0, 0.05) is 11.2 Å². The van der Waals surface area contributed by atoms with Crippen molar-refractivity contribution in [3.05, 3.63) is 34.7 Å². The molecule has 106 valence electrons. The van der Waals surface area contributed by atoms with Crippen molar-refractivity contribution in [3.63, 3.8) is 0 Å². The Bertz CT molecular complexity index is 678. The van der Waals surface area contributed by atoms with Crippen molar-refractivity contribution in [1.82, 2.24) is 5.32 Å². The normalized spacial score (nSPS) is 11.6. The molecule has 2 N–H and O–H groups in total. The summed E-state index contributed by atoms with van der Waals surface area (Å²) in [5.74, 6) is -3.14. The van der Waals surface area contributed by atoms with Crippen LogP contribution < -0.4 is 5.32 Å². The Balaban J connectivity index is 2.24. The monoisotopic (exact) mass is 303 g/mol. The van der Waals surface area contributed by atoms with E-state index in [9.17, 15) is 22.8 Å². The summed E-state index contributed by atoms with van der Waals surface area (Å²) in [6.07, 6.45) is -4.93. The molecular formula is C12H8F3NO3S. The maximum Gasteiger partial charge on any atom is 0.471 e. The fourth-order valence-electron chi connectivity index (χ4n) is 1.63. The number of fused-ring (bicyclic) bond motifs is 1. The van der Waals surface area contributed by atoms with Gasteiger partial charge in [-0.15, -0.1) is 11.3 Å². The third-order valence-electron chi connectivity index (χ3n) is 2.60. The highest BCUT2D eigenvalue weighted by atomic mass is 32.1. The second-order valence-electron chi connectivity index (χ2n) is 3.96. The first-order valence-corrected chi connectivity index (χ1v) is 6.25. The molecule has 0 spiro atoms. The lowest BCUT2D eigenvalue weighted by atomic mass is 10.1. The predicted octanol–water partition coefficient (Wildman–Crippen LogP) is 2.78. The quantitative estimate of drug-likeness (QED) is 0.916. The lowest BCUT2D eigenvalue weighted by molar-refractivity contribution is -0.173. The van der Waals surface area contributed by atoms with Gasteiger partial charge in [0.05, 0.1) is 5.56 Å². The number of rotatable bonds is 3. The van der Waals surface area contributed by atoms with Crippen LogP contribution in [0, 0.1) is 0 Å². The van der Waals surface area contributed by atoms with E-state index in [1.54, 1.807) is 16.8 Å². The molecule has 0 aliphatic carbocycles. The molecule has 0 aliphatic rings. The molecule has 0 aliphatic heterocycles. The SMILES string of the molecule is O=C(O)c1ccc2scc(CNC(=O)C(F)(F)F)c2c1. The van der Waals surface area contributed by atoms with Crippen molar-refractivity contribution >= 4 is 33.3 Å². The van der Waals surface area contributed by atoms with Gasteiger partial charge in [-0.25, -0.2) is 4.79 Å². The first kappa shape index (κ1) is 14.3. The lowest BCUT2D eigenvalue weighted by Crippen LogP contribution is -2.36. The van der Waals surface area contributed by atoms with Crippen molar-refractivity contribution in [3.8, 4) is 0 Å². The number of amides is 1. The van der Waals surface area contributed by atoms with Crippen LogP contribution in [-0.4, -0.2) is 23.2 Å². The highest BCUT2D eigenvalue weighted by Crippen LogP contribution is 2.27. The summed E-state index contributed by atoms with van der Waals surface area (Å²) in [5.41, 5.74) is 0.491. The minimum absolute atomic E-state index is 0.0410. The van der Waals surface area contributed by atoms with Gasteiger partial charge in [-0.2, -0.15) is 13.2 Å². The summed E-state index contributed by atoms with van der Waals surface area (Å²) in [7, 11) is 0. The van der Waals surface area contributed by atoms with Crippen LogP contribution in [0.1, 0.15) is 15.9 Å². The van der Waals surface area contributed by atoms with E-state index in [1.165, 1.54) is 23.5 Å². The second kappa shape index (κ2) is 5.12. The standard InChI is InChI=1S/C12H8F3NO3S/c13-12(14,15)11(19)16-4-7-5-20-9-2-1-6(10(17)18)3-8(7)9/h1-3,5H,4H2,(H,16,19)(H,17,18). The van der Waals surface area contributed by atoms with E-state index in [0.717, 1.165) is 4.70 Å². The molecule has 1 heterocycles. The van der Waals surface area contributed by atoms with E-state index in [-0.39, 0.29) is 12.1 Å². The van der Waals surface area contributed by atoms with Crippen LogP contribution in [0.2, 0.25) is 0 Å². The number of carbonyl (C=O) groups is 2. The van der Waals surface area contributed by atoms with Gasteiger partial charge in [0.1, 0.15) is 0 Å². The summed E-state index contributed by atoms with van der Waals surface area (Å²) in [6.45, 7) is -0.304. The molecule has 8 heteroatoms. The van der Waals surface area contributed by atoms with Gasteiger partial charge in [0.25, 0.3) is 0 Å². The molecule has 2 rings (SSSR count). The highest BCUT2D eigenvalue weighted by molar-refractivity contribution is 7.17. The Morgan fingerprint density at radius 1 is 1.30 bits per heavy atom. The van der Waals surface area contributed by atoms with E-state index < -0.39 is 18.1 Å². The van der Waals surface area contributed by atoms with Gasteiger partial charge in [0.15, 0.2) is 0 Å². The van der Waals surface area contributed by atoms with Gasteiger partial charge < -0.3 is 10.4 Å². The molecule has 1 aromatic heterocycles. The Labute approximate surface area is 114 Å². The second-order valence-corrected chi connectivity index (χ2v) is 4.87. The molecule has 0 saturated heterocycles. The number of thiophene rings is 1. The molecule has 0 fully saturated rings. The zero-order valence-electron chi connectivity index (χ0n) is 9.82. The van der Waals surface area contributed by atoms with E-state index in [1.807, 2.05) is 0 Å². The summed E-state index contributed by atoms with van der Waals surface area (Å²) in [4.78, 5) is 21.6. The minimum atomic E-state index is -4.93. The van der Waals surface area contributed by atoms with Gasteiger partial charge >= 0.3 is 18.1 Å². The molecule has 0 radical (unpaired) electrons. The molecule has 0 saturated carbocycles. The minimum Gasteiger partial charge on any atom is -0.478 e. The van der Waals surface area contributed by atoms with Crippen LogP contribution in [0.4, 0.5) is 13.2 Å². The van der Waals surface area contributed by atoms with E-state index in [4.69, 9.17) is 5.11 Å². The van der Waals surface area contributed by atoms with Crippen molar-refractivity contribution in [2.24, 2.45) is 0 Å². The molecule has 1 aromatic carbocycles. The fourth-order valence-corrected chi connectivity index (χ4v) is 2.57. The van der Waals surface area contributed by atoms with E-state index >= 15 is 0 Å². The number of carbonyl (C=O) groups excluding carboxylic acids is 1. The predicted molar refractivity (Wildman–Crippen MR) is 66.7 cm³/mol. The number of carboxylic acids is 1. The van der Waals surface area contributed by atoms with Crippen LogP contribution in [0.5, 0.6) is 0 Å². The Kier molecular flexibility index (Phi) is 3.67. The molecular weight excluding hydrogens is 295 g/mol. The number of alkyl halides is 3. The number of benzene rings is 1. The zero-order valence-corrected chi connectivity index (χ0v) is 10.6. The molecule has 0 atom stereocenters. The third-order valence-corrected chi connectivity index (χ3v) is 3.61. The van der Waals surface area contributed by atoms with E-state index in [0.29, 0.717) is 10.9 Å². The van der Waals surface area contributed by atoms with Crippen LogP contribution in [0.25, 0.3) is 10.1 Å². The smallest absolute Gasteiger partial charge is 0.471 e. The number of nitrogens with one attached hydrogen (secondary N) is 1. The molecule has 2 aromatic rings. The van der Waals surface area contributed by atoms with Gasteiger partial charge in [-0.05, 0) is 34.5 Å². The van der Waals surface area contributed by atoms with Crippen molar-refractivity contribution < 1.29 is 27.9 Å². The first-order chi connectivity index (χ1) is 9.29. The molecule has 0 bridgehead atoms. The molecule has 20 heavy (non-hydrogen) atoms. The van der Waals surface area contributed by atoms with Crippen LogP contribution in [-0.2, 0) is 11.3 Å². The maximum atomic E-state index is 12.1. The van der Waals surface area contributed by atoms with Crippen LogP contribution in [0.15, 0.2) is 23.6 Å². The van der Waals surface area contributed by atoms with Crippen LogP contribution in [0.3, 0.4) is 0 Å². The Hall–Kier alpha value is -2.09. The summed E-state index contributed by atoms with van der Waals surface area (Å²) < 4.78 is 37.0. The first-order valence-electron chi connectivity index (χ1n) is 5.37. The fraction of sp³-hybridized carbons (Fsp3) is 0.167. The third kappa shape index (κ3) is 2.90. The van der Waals surface area contributed by atoms with E-state index in [2.05, 4.69) is 0 Å². The largest absolute Gasteiger partial charge is 0.478 e. The Morgan fingerprint density at radius 2 is 2.00 bits per heavy atom. The molecule has 1 amide bonds. The molecule has 0 unspecified atom stereocenters. The summed E-state index contributed by atoms with van der Waals surface area (Å²) in [5, 5.41) is 12.8. The van der Waals surface area contributed by atoms with Crippen molar-refractivity contribution in [1.29, 1.82) is 0 Å². The summed E-state index contributed by atoms with van der Waals surface area (Å²) in [6, 6.07) is 4.38. The lowest BCUT2D eigenvalue weighted by Gasteiger charge is -2.07. The van der Waals surface area contributed by atoms with Crippen molar-refractivity contribution in [2.75, 3.05) is 0 Å². The topological polar surface area (TPSA) is 66.4 Å². The van der Waals surface area contributed by atoms with Crippen LogP contribution >= 0.6 is 11.3 Å². The van der Waals surface area contributed by atoms with Gasteiger partial charge in [-0.3, -0.25) is 4.79 Å². The number of aromatic carboxylic acids is 1. The zero-order chi connectivity index (χ0) is 14.9. The average molecular weight is 303 g/mol. The number of hydrogen-bond acceptors (Lipinski definition) is 3. The number of hydrogen-bond donors (Lipinski definition) is 2. The average Bonchev–Trinajstić information content (AvgIpc) is 2.76. The number of halogens is 3. The van der Waals surface area contributed by atoms with Gasteiger partial charge in [-0.1, -0.05) is 0 Å². The maximum absolute atomic E-state index is 12.1. The van der Waals surface area contributed by atoms with Crippen molar-refractivity contribution in [2.45, 2.75) is 12.7 Å². The number of carboxylic acid groups (broad SMARTS) is 1. The Morgan fingerprint density at radius 3 is 2.60 bits per heavy atom.